The van der Waals surface area contributed by atoms with Crippen molar-refractivity contribution in [3.8, 4) is 6.07 Å². The summed E-state index contributed by atoms with van der Waals surface area (Å²) in [6.45, 7) is 1.01. The maximum absolute atomic E-state index is 9.22. The molecule has 0 amide bonds. The molecule has 1 aromatic heterocycles. The third-order valence-corrected chi connectivity index (χ3v) is 4.40. The van der Waals surface area contributed by atoms with Crippen LogP contribution in [0.25, 0.3) is 11.0 Å². The summed E-state index contributed by atoms with van der Waals surface area (Å²) in [5, 5.41) is 9.22. The molecule has 1 heterocycles. The van der Waals surface area contributed by atoms with Gasteiger partial charge in [0.15, 0.2) is 0 Å². The van der Waals surface area contributed by atoms with Gasteiger partial charge in [-0.05, 0) is 30.9 Å². The van der Waals surface area contributed by atoms with E-state index >= 15 is 0 Å². The fourth-order valence-electron chi connectivity index (χ4n) is 3.22. The molecule has 104 valence electrons. The molecule has 1 aromatic carbocycles. The molecular weight excluding hydrogens is 270 g/mol. The first-order valence-electron chi connectivity index (χ1n) is 7.27. The number of nitriles is 1. The Labute approximate surface area is 124 Å². The van der Waals surface area contributed by atoms with Gasteiger partial charge in [-0.2, -0.15) is 5.26 Å². The van der Waals surface area contributed by atoms with Crippen LogP contribution in [0.4, 0.5) is 0 Å². The zero-order chi connectivity index (χ0) is 13.9. The second-order valence-electron chi connectivity index (χ2n) is 5.51. The molecule has 1 saturated carbocycles. The number of halogens is 1. The molecule has 20 heavy (non-hydrogen) atoms. The van der Waals surface area contributed by atoms with Crippen molar-refractivity contribution in [3.05, 3.63) is 29.6 Å². The van der Waals surface area contributed by atoms with Gasteiger partial charge in [0.1, 0.15) is 17.4 Å². The van der Waals surface area contributed by atoms with E-state index in [0.29, 0.717) is 11.4 Å². The summed E-state index contributed by atoms with van der Waals surface area (Å²) < 4.78 is 2.29. The number of alkyl halides is 1. The van der Waals surface area contributed by atoms with Gasteiger partial charge in [-0.15, -0.1) is 11.6 Å². The SMILES string of the molecule is N#Cc1cccc2c1nc(CCCl)n2CC1CCCC1. The molecule has 3 rings (SSSR count). The minimum absolute atomic E-state index is 0.565. The molecule has 1 aliphatic carbocycles. The number of hydrogen-bond acceptors (Lipinski definition) is 2. The van der Waals surface area contributed by atoms with Gasteiger partial charge in [-0.3, -0.25) is 0 Å². The first kappa shape index (κ1) is 13.5. The number of imidazole rings is 1. The third kappa shape index (κ3) is 2.41. The average molecular weight is 288 g/mol. The average Bonchev–Trinajstić information content (AvgIpc) is 3.08. The molecular formula is C16H18ClN3. The molecule has 0 N–H and O–H groups in total. The van der Waals surface area contributed by atoms with Crippen LogP contribution in [0, 0.1) is 17.2 Å². The first-order valence-corrected chi connectivity index (χ1v) is 7.81. The highest BCUT2D eigenvalue weighted by molar-refractivity contribution is 6.17. The van der Waals surface area contributed by atoms with E-state index in [-0.39, 0.29) is 0 Å². The highest BCUT2D eigenvalue weighted by Crippen LogP contribution is 2.29. The van der Waals surface area contributed by atoms with Crippen LogP contribution in [0.15, 0.2) is 18.2 Å². The van der Waals surface area contributed by atoms with Crippen LogP contribution in [-0.4, -0.2) is 15.4 Å². The van der Waals surface area contributed by atoms with Gasteiger partial charge < -0.3 is 4.57 Å². The van der Waals surface area contributed by atoms with Gasteiger partial charge >= 0.3 is 0 Å². The Morgan fingerprint density at radius 2 is 2.15 bits per heavy atom. The Bertz CT molecular complexity index is 648. The molecule has 0 radical (unpaired) electrons. The number of aromatic nitrogens is 2. The van der Waals surface area contributed by atoms with Crippen molar-refractivity contribution in [3.63, 3.8) is 0 Å². The number of nitrogens with zero attached hydrogens (tertiary/aromatic N) is 3. The summed E-state index contributed by atoms with van der Waals surface area (Å²) >= 11 is 5.91. The molecule has 0 atom stereocenters. The molecule has 0 saturated heterocycles. The van der Waals surface area contributed by atoms with E-state index in [1.165, 1.54) is 25.7 Å². The van der Waals surface area contributed by atoms with Crippen molar-refractivity contribution in [2.75, 3.05) is 5.88 Å². The number of aryl methyl sites for hydroxylation is 1. The van der Waals surface area contributed by atoms with E-state index < -0.39 is 0 Å². The predicted molar refractivity (Wildman–Crippen MR) is 80.8 cm³/mol. The van der Waals surface area contributed by atoms with Gasteiger partial charge in [0.25, 0.3) is 0 Å². The molecule has 0 unspecified atom stereocenters. The van der Waals surface area contributed by atoms with Crippen molar-refractivity contribution in [1.29, 1.82) is 5.26 Å². The van der Waals surface area contributed by atoms with Crippen LogP contribution in [0.5, 0.6) is 0 Å². The number of fused-ring (bicyclic) bond motifs is 1. The maximum Gasteiger partial charge on any atom is 0.111 e. The third-order valence-electron chi connectivity index (χ3n) is 4.21. The summed E-state index contributed by atoms with van der Waals surface area (Å²) in [6, 6.07) is 8.08. The second-order valence-corrected chi connectivity index (χ2v) is 5.89. The molecule has 1 aliphatic rings. The molecule has 0 bridgehead atoms. The Morgan fingerprint density at radius 1 is 1.35 bits per heavy atom. The number of benzene rings is 1. The van der Waals surface area contributed by atoms with E-state index in [4.69, 9.17) is 11.6 Å². The fraction of sp³-hybridized carbons (Fsp3) is 0.500. The molecule has 0 spiro atoms. The minimum atomic E-state index is 0.565. The van der Waals surface area contributed by atoms with Gasteiger partial charge in [-0.25, -0.2) is 4.98 Å². The normalized spacial score (nSPS) is 15.8. The predicted octanol–water partition coefficient (Wildman–Crippen LogP) is 3.88. The summed E-state index contributed by atoms with van der Waals surface area (Å²) in [5.74, 6) is 2.33. The van der Waals surface area contributed by atoms with E-state index in [9.17, 15) is 5.26 Å². The van der Waals surface area contributed by atoms with Crippen LogP contribution in [0.3, 0.4) is 0 Å². The Morgan fingerprint density at radius 3 is 2.85 bits per heavy atom. The first-order chi connectivity index (χ1) is 9.83. The van der Waals surface area contributed by atoms with Gasteiger partial charge in [0.05, 0.1) is 11.1 Å². The molecule has 0 aliphatic heterocycles. The summed E-state index contributed by atoms with van der Waals surface area (Å²) in [4.78, 5) is 4.67. The lowest BCUT2D eigenvalue weighted by atomic mass is 10.1. The van der Waals surface area contributed by atoms with E-state index in [2.05, 4.69) is 21.7 Å². The lowest BCUT2D eigenvalue weighted by molar-refractivity contribution is 0.455. The van der Waals surface area contributed by atoms with Crippen molar-refractivity contribution in [2.24, 2.45) is 5.92 Å². The highest BCUT2D eigenvalue weighted by Gasteiger charge is 2.19. The topological polar surface area (TPSA) is 41.6 Å². The van der Waals surface area contributed by atoms with Crippen LogP contribution in [0.2, 0.25) is 0 Å². The van der Waals surface area contributed by atoms with Crippen LogP contribution in [0.1, 0.15) is 37.1 Å². The monoisotopic (exact) mass is 287 g/mol. The fourth-order valence-corrected chi connectivity index (χ4v) is 3.38. The standard InChI is InChI=1S/C16H18ClN3/c17-9-8-15-19-16-13(10-18)6-3-7-14(16)20(15)11-12-4-1-2-5-12/h3,6-7,12H,1-2,4-5,8-9,11H2. The number of hydrogen-bond donors (Lipinski definition) is 0. The van der Waals surface area contributed by atoms with Gasteiger partial charge in [-0.1, -0.05) is 18.9 Å². The minimum Gasteiger partial charge on any atom is -0.328 e. The number of rotatable bonds is 4. The maximum atomic E-state index is 9.22. The van der Waals surface area contributed by atoms with Gasteiger partial charge in [0, 0.05) is 18.8 Å². The molecule has 4 heteroatoms. The van der Waals surface area contributed by atoms with Crippen LogP contribution in [-0.2, 0) is 13.0 Å². The quantitative estimate of drug-likeness (QED) is 0.801. The van der Waals surface area contributed by atoms with Crippen molar-refractivity contribution in [2.45, 2.75) is 38.6 Å². The summed E-state index contributed by atoms with van der Waals surface area (Å²) in [7, 11) is 0. The van der Waals surface area contributed by atoms with Crippen LogP contribution < -0.4 is 0 Å². The molecule has 2 aromatic rings. The lowest BCUT2D eigenvalue weighted by Gasteiger charge is -2.13. The second kappa shape index (κ2) is 5.85. The molecule has 1 fully saturated rings. The highest BCUT2D eigenvalue weighted by atomic mass is 35.5. The van der Waals surface area contributed by atoms with Crippen molar-refractivity contribution in [1.82, 2.24) is 9.55 Å². The zero-order valence-corrected chi connectivity index (χ0v) is 12.2. The van der Waals surface area contributed by atoms with Gasteiger partial charge in [0.2, 0.25) is 0 Å². The van der Waals surface area contributed by atoms with E-state index in [1.807, 2.05) is 12.1 Å². The zero-order valence-electron chi connectivity index (χ0n) is 11.5. The Hall–Kier alpha value is -1.53. The van der Waals surface area contributed by atoms with Crippen molar-refractivity contribution < 1.29 is 0 Å². The Balaban J connectivity index is 2.06. The van der Waals surface area contributed by atoms with Crippen LogP contribution >= 0.6 is 11.6 Å². The smallest absolute Gasteiger partial charge is 0.111 e. The summed E-state index contributed by atoms with van der Waals surface area (Å²) in [6.07, 6.45) is 6.04. The Kier molecular flexibility index (Phi) is 3.93. The molecule has 3 nitrogen and oxygen atoms in total. The van der Waals surface area contributed by atoms with Crippen molar-refractivity contribution >= 4 is 22.6 Å². The lowest BCUT2D eigenvalue weighted by Crippen LogP contribution is -2.11. The largest absolute Gasteiger partial charge is 0.328 e. The number of para-hydroxylation sites is 1. The van der Waals surface area contributed by atoms with E-state index in [0.717, 1.165) is 35.7 Å². The van der Waals surface area contributed by atoms with E-state index in [1.54, 1.807) is 0 Å². The summed E-state index contributed by atoms with van der Waals surface area (Å²) in [5.41, 5.74) is 2.56.